The predicted molar refractivity (Wildman–Crippen MR) is 107 cm³/mol. The van der Waals surface area contributed by atoms with E-state index in [1.54, 1.807) is 14.2 Å². The first-order valence-electron chi connectivity index (χ1n) is 9.78. The van der Waals surface area contributed by atoms with E-state index in [2.05, 4.69) is 42.6 Å². The van der Waals surface area contributed by atoms with Gasteiger partial charge in [0.05, 0.1) is 26.0 Å². The van der Waals surface area contributed by atoms with E-state index >= 15 is 0 Å². The van der Waals surface area contributed by atoms with Crippen LogP contribution >= 0.6 is 0 Å². The summed E-state index contributed by atoms with van der Waals surface area (Å²) in [5, 5.41) is 3.93. The number of hydrogen-bond donors (Lipinski definition) is 1. The van der Waals surface area contributed by atoms with Crippen LogP contribution in [0, 0.1) is 12.8 Å². The van der Waals surface area contributed by atoms with Gasteiger partial charge < -0.3 is 14.8 Å². The summed E-state index contributed by atoms with van der Waals surface area (Å²) in [6.07, 6.45) is 10.9. The van der Waals surface area contributed by atoms with E-state index in [0.717, 1.165) is 36.5 Å². The summed E-state index contributed by atoms with van der Waals surface area (Å²) in [6, 6.07) is 8.99. The fourth-order valence-corrected chi connectivity index (χ4v) is 4.54. The summed E-state index contributed by atoms with van der Waals surface area (Å²) < 4.78 is 11.2. The van der Waals surface area contributed by atoms with Crippen molar-refractivity contribution in [3.8, 4) is 11.5 Å². The van der Waals surface area contributed by atoms with E-state index < -0.39 is 0 Å². The lowest BCUT2D eigenvalue weighted by Crippen LogP contribution is -2.38. The first kappa shape index (κ1) is 18.1. The third-order valence-corrected chi connectivity index (χ3v) is 5.95. The molecule has 1 N–H and O–H groups in total. The molecule has 0 amide bonds. The molecule has 4 nitrogen and oxygen atoms in total. The SMILES string of the molecule is COc1cc2c(cc1OC)[C@H](C1CC=CCC1)N[C@H](c1ncccc1C)C2. The van der Waals surface area contributed by atoms with Crippen molar-refractivity contribution in [2.75, 3.05) is 14.2 Å². The van der Waals surface area contributed by atoms with Crippen LogP contribution < -0.4 is 14.8 Å². The zero-order valence-electron chi connectivity index (χ0n) is 16.4. The summed E-state index contributed by atoms with van der Waals surface area (Å²) >= 11 is 0. The summed E-state index contributed by atoms with van der Waals surface area (Å²) in [4.78, 5) is 4.70. The van der Waals surface area contributed by atoms with Crippen molar-refractivity contribution in [1.29, 1.82) is 0 Å². The standard InChI is InChI=1S/C23H28N2O2/c1-15-8-7-11-24-22(15)19-12-17-13-20(26-2)21(27-3)14-18(17)23(25-19)16-9-5-4-6-10-16/h4-5,7-8,11,13-14,16,19,23,25H,6,9-10,12H2,1-3H3/t16?,19-,23-/m0/s1. The van der Waals surface area contributed by atoms with Crippen molar-refractivity contribution in [2.24, 2.45) is 5.92 Å². The van der Waals surface area contributed by atoms with Gasteiger partial charge in [0.2, 0.25) is 0 Å². The Balaban J connectivity index is 1.78. The van der Waals surface area contributed by atoms with Gasteiger partial charge >= 0.3 is 0 Å². The monoisotopic (exact) mass is 364 g/mol. The lowest BCUT2D eigenvalue weighted by molar-refractivity contribution is 0.282. The van der Waals surface area contributed by atoms with Gasteiger partial charge in [-0.25, -0.2) is 0 Å². The van der Waals surface area contributed by atoms with Crippen LogP contribution in [0.15, 0.2) is 42.6 Å². The number of allylic oxidation sites excluding steroid dienone is 2. The number of methoxy groups -OCH3 is 2. The largest absolute Gasteiger partial charge is 0.493 e. The molecule has 1 aliphatic heterocycles. The van der Waals surface area contributed by atoms with Gasteiger partial charge in [-0.15, -0.1) is 0 Å². The Morgan fingerprint density at radius 1 is 1.11 bits per heavy atom. The van der Waals surface area contributed by atoms with Crippen molar-refractivity contribution in [1.82, 2.24) is 10.3 Å². The van der Waals surface area contributed by atoms with Crippen molar-refractivity contribution in [3.05, 3.63) is 65.0 Å². The highest BCUT2D eigenvalue weighted by molar-refractivity contribution is 5.50. The molecule has 0 saturated heterocycles. The van der Waals surface area contributed by atoms with Crippen LogP contribution in [0.1, 0.15) is 53.7 Å². The fourth-order valence-electron chi connectivity index (χ4n) is 4.54. The van der Waals surface area contributed by atoms with Crippen LogP contribution in [0.4, 0.5) is 0 Å². The first-order valence-corrected chi connectivity index (χ1v) is 9.78. The average molecular weight is 364 g/mol. The van der Waals surface area contributed by atoms with Crippen molar-refractivity contribution < 1.29 is 9.47 Å². The Kier molecular flexibility index (Phi) is 5.17. The number of pyridine rings is 1. The summed E-state index contributed by atoms with van der Waals surface area (Å²) in [5.74, 6) is 2.19. The maximum atomic E-state index is 5.59. The fraction of sp³-hybridized carbons (Fsp3) is 0.435. The molecule has 2 aromatic rings. The summed E-state index contributed by atoms with van der Waals surface area (Å²) in [6.45, 7) is 2.15. The number of rotatable bonds is 4. The van der Waals surface area contributed by atoms with Crippen LogP contribution in [0.3, 0.4) is 0 Å². The number of nitrogens with one attached hydrogen (secondary N) is 1. The van der Waals surface area contributed by atoms with Gasteiger partial charge in [0, 0.05) is 12.2 Å². The van der Waals surface area contributed by atoms with Gasteiger partial charge in [0.1, 0.15) is 0 Å². The Hall–Kier alpha value is -2.33. The first-order chi connectivity index (χ1) is 13.2. The molecule has 4 heteroatoms. The second-order valence-corrected chi connectivity index (χ2v) is 7.56. The highest BCUT2D eigenvalue weighted by Crippen LogP contribution is 2.43. The highest BCUT2D eigenvalue weighted by atomic mass is 16.5. The minimum atomic E-state index is 0.215. The van der Waals surface area contributed by atoms with Gasteiger partial charge in [0.15, 0.2) is 11.5 Å². The Morgan fingerprint density at radius 3 is 2.63 bits per heavy atom. The van der Waals surface area contributed by atoms with Crippen LogP contribution in [0.5, 0.6) is 11.5 Å². The number of benzene rings is 1. The third-order valence-electron chi connectivity index (χ3n) is 5.95. The summed E-state index contributed by atoms with van der Waals surface area (Å²) in [7, 11) is 3.41. The van der Waals surface area contributed by atoms with Gasteiger partial charge in [-0.1, -0.05) is 18.2 Å². The molecule has 27 heavy (non-hydrogen) atoms. The maximum Gasteiger partial charge on any atom is 0.161 e. The quantitative estimate of drug-likeness (QED) is 0.799. The molecule has 0 fully saturated rings. The molecule has 1 unspecified atom stereocenters. The number of fused-ring (bicyclic) bond motifs is 1. The molecule has 1 aliphatic carbocycles. The van der Waals surface area contributed by atoms with Crippen molar-refractivity contribution in [2.45, 2.75) is 44.7 Å². The molecule has 0 saturated carbocycles. The van der Waals surface area contributed by atoms with Crippen molar-refractivity contribution in [3.63, 3.8) is 0 Å². The average Bonchev–Trinajstić information content (AvgIpc) is 2.72. The smallest absolute Gasteiger partial charge is 0.161 e. The molecule has 2 aliphatic rings. The van der Waals surface area contributed by atoms with E-state index in [0.29, 0.717) is 12.0 Å². The second kappa shape index (κ2) is 7.73. The molecule has 1 aromatic heterocycles. The minimum absolute atomic E-state index is 0.215. The summed E-state index contributed by atoms with van der Waals surface area (Å²) in [5.41, 5.74) is 5.06. The zero-order chi connectivity index (χ0) is 18.8. The molecule has 3 atom stereocenters. The molecular formula is C23H28N2O2. The molecular weight excluding hydrogens is 336 g/mol. The lowest BCUT2D eigenvalue weighted by Gasteiger charge is -2.39. The topological polar surface area (TPSA) is 43.4 Å². The zero-order valence-corrected chi connectivity index (χ0v) is 16.4. The molecule has 4 rings (SSSR count). The van der Waals surface area contributed by atoms with E-state index in [9.17, 15) is 0 Å². The number of hydrogen-bond acceptors (Lipinski definition) is 4. The Bertz CT molecular complexity index is 846. The van der Waals surface area contributed by atoms with Crippen LogP contribution in [-0.2, 0) is 6.42 Å². The highest BCUT2D eigenvalue weighted by Gasteiger charge is 2.34. The van der Waals surface area contributed by atoms with Gasteiger partial charge in [-0.05, 0) is 73.4 Å². The van der Waals surface area contributed by atoms with Crippen LogP contribution in [0.2, 0.25) is 0 Å². The van der Waals surface area contributed by atoms with Gasteiger partial charge in [-0.2, -0.15) is 0 Å². The van der Waals surface area contributed by atoms with Crippen LogP contribution in [0.25, 0.3) is 0 Å². The normalized spacial score (nSPS) is 24.3. The van der Waals surface area contributed by atoms with E-state index in [4.69, 9.17) is 14.5 Å². The molecule has 0 bridgehead atoms. The number of aryl methyl sites for hydroxylation is 1. The lowest BCUT2D eigenvalue weighted by atomic mass is 9.78. The van der Waals surface area contributed by atoms with Gasteiger partial charge in [0.25, 0.3) is 0 Å². The molecule has 142 valence electrons. The number of ether oxygens (including phenoxy) is 2. The van der Waals surface area contributed by atoms with E-state index in [-0.39, 0.29) is 6.04 Å². The predicted octanol–water partition coefficient (Wildman–Crippen LogP) is 4.69. The van der Waals surface area contributed by atoms with Crippen LogP contribution in [-0.4, -0.2) is 19.2 Å². The maximum absolute atomic E-state index is 5.59. The van der Waals surface area contributed by atoms with Gasteiger partial charge in [-0.3, -0.25) is 4.98 Å². The van der Waals surface area contributed by atoms with E-state index in [1.165, 1.54) is 23.1 Å². The molecule has 0 radical (unpaired) electrons. The third kappa shape index (κ3) is 3.46. The van der Waals surface area contributed by atoms with Crippen molar-refractivity contribution >= 4 is 0 Å². The number of aromatic nitrogens is 1. The molecule has 1 aromatic carbocycles. The molecule has 0 spiro atoms. The Morgan fingerprint density at radius 2 is 1.93 bits per heavy atom. The minimum Gasteiger partial charge on any atom is -0.493 e. The molecule has 2 heterocycles. The van der Waals surface area contributed by atoms with E-state index in [1.807, 2.05) is 12.3 Å². The number of nitrogens with zero attached hydrogens (tertiary/aromatic N) is 1. The second-order valence-electron chi connectivity index (χ2n) is 7.56. The Labute approximate surface area is 161 Å².